The zero-order valence-corrected chi connectivity index (χ0v) is 9.13. The molecule has 0 amide bonds. The summed E-state index contributed by atoms with van der Waals surface area (Å²) >= 11 is 0. The molecule has 1 aliphatic rings. The summed E-state index contributed by atoms with van der Waals surface area (Å²) < 4.78 is 26.0. The van der Waals surface area contributed by atoms with Gasteiger partial charge in [-0.15, -0.1) is 0 Å². The van der Waals surface area contributed by atoms with Gasteiger partial charge in [-0.3, -0.25) is 5.84 Å². The fourth-order valence-corrected chi connectivity index (χ4v) is 2.22. The molecular formula is C12H16F2N2. The summed E-state index contributed by atoms with van der Waals surface area (Å²) in [7, 11) is 0. The Balaban J connectivity index is 1.98. The highest BCUT2D eigenvalue weighted by atomic mass is 19.1. The summed E-state index contributed by atoms with van der Waals surface area (Å²) in [4.78, 5) is 0. The van der Waals surface area contributed by atoms with Crippen molar-refractivity contribution in [2.45, 2.75) is 19.3 Å². The number of hydrazine groups is 1. The number of piperidine rings is 1. The van der Waals surface area contributed by atoms with E-state index in [1.165, 1.54) is 12.1 Å². The largest absolute Gasteiger partial charge is 0.269 e. The molecule has 0 unspecified atom stereocenters. The van der Waals surface area contributed by atoms with Crippen LogP contribution in [-0.2, 0) is 6.42 Å². The van der Waals surface area contributed by atoms with Crippen LogP contribution in [0.15, 0.2) is 18.2 Å². The maximum Gasteiger partial charge on any atom is 0.126 e. The van der Waals surface area contributed by atoms with Crippen LogP contribution in [0.1, 0.15) is 18.4 Å². The Labute approximate surface area is 94.0 Å². The van der Waals surface area contributed by atoms with Gasteiger partial charge in [-0.2, -0.15) is 0 Å². The quantitative estimate of drug-likeness (QED) is 0.782. The molecule has 88 valence electrons. The number of hydrogen-bond donors (Lipinski definition) is 1. The molecule has 1 aliphatic heterocycles. The molecule has 4 heteroatoms. The van der Waals surface area contributed by atoms with E-state index in [-0.39, 0.29) is 0 Å². The van der Waals surface area contributed by atoms with Gasteiger partial charge < -0.3 is 0 Å². The number of nitrogens with two attached hydrogens (primary N) is 1. The van der Waals surface area contributed by atoms with Gasteiger partial charge in [0.25, 0.3) is 0 Å². The minimum absolute atomic E-state index is 0.487. The molecule has 1 aromatic carbocycles. The van der Waals surface area contributed by atoms with Crippen LogP contribution in [0.3, 0.4) is 0 Å². The third-order valence-electron chi connectivity index (χ3n) is 3.10. The Morgan fingerprint density at radius 1 is 1.12 bits per heavy atom. The normalized spacial score (nSPS) is 18.9. The predicted octanol–water partition coefficient (Wildman–Crippen LogP) is 2.09. The molecule has 0 saturated carbocycles. The summed E-state index contributed by atoms with van der Waals surface area (Å²) in [6, 6.07) is 3.74. The van der Waals surface area contributed by atoms with Crippen LogP contribution in [0.4, 0.5) is 8.78 Å². The summed E-state index contributed by atoms with van der Waals surface area (Å²) in [6.45, 7) is 1.73. The molecule has 2 nitrogen and oxygen atoms in total. The van der Waals surface area contributed by atoms with E-state index >= 15 is 0 Å². The lowest BCUT2D eigenvalue weighted by Crippen LogP contribution is -2.39. The summed E-state index contributed by atoms with van der Waals surface area (Å²) in [6.07, 6.45) is 2.73. The van der Waals surface area contributed by atoms with Crippen molar-refractivity contribution < 1.29 is 8.78 Å². The van der Waals surface area contributed by atoms with E-state index in [2.05, 4.69) is 0 Å². The van der Waals surface area contributed by atoms with Gasteiger partial charge in [0.1, 0.15) is 11.6 Å². The van der Waals surface area contributed by atoms with Gasteiger partial charge in [0, 0.05) is 19.2 Å². The van der Waals surface area contributed by atoms with Gasteiger partial charge in [0.2, 0.25) is 0 Å². The molecule has 1 aromatic rings. The second kappa shape index (κ2) is 4.89. The van der Waals surface area contributed by atoms with E-state index in [1.54, 1.807) is 5.01 Å². The molecule has 0 radical (unpaired) electrons. The molecule has 0 bridgehead atoms. The fraction of sp³-hybridized carbons (Fsp3) is 0.500. The van der Waals surface area contributed by atoms with Crippen molar-refractivity contribution in [3.8, 4) is 0 Å². The molecule has 0 atom stereocenters. The summed E-state index contributed by atoms with van der Waals surface area (Å²) in [5.41, 5.74) is 0.743. The van der Waals surface area contributed by atoms with Crippen LogP contribution >= 0.6 is 0 Å². The lowest BCUT2D eigenvalue weighted by molar-refractivity contribution is 0.187. The molecule has 0 spiro atoms. The molecule has 1 saturated heterocycles. The predicted molar refractivity (Wildman–Crippen MR) is 58.5 cm³/mol. The van der Waals surface area contributed by atoms with Gasteiger partial charge in [0.15, 0.2) is 0 Å². The molecule has 0 aliphatic carbocycles. The van der Waals surface area contributed by atoms with E-state index in [0.717, 1.165) is 44.0 Å². The smallest absolute Gasteiger partial charge is 0.126 e. The lowest BCUT2D eigenvalue weighted by Gasteiger charge is -2.28. The third-order valence-corrected chi connectivity index (χ3v) is 3.10. The zero-order valence-electron chi connectivity index (χ0n) is 9.13. The monoisotopic (exact) mass is 226 g/mol. The number of hydrogen-bond acceptors (Lipinski definition) is 2. The molecule has 0 aromatic heterocycles. The van der Waals surface area contributed by atoms with Gasteiger partial charge in [0.05, 0.1) is 0 Å². The highest BCUT2D eigenvalue weighted by Crippen LogP contribution is 2.21. The highest BCUT2D eigenvalue weighted by Gasteiger charge is 2.17. The van der Waals surface area contributed by atoms with Crippen molar-refractivity contribution >= 4 is 0 Å². The molecule has 2 N–H and O–H groups in total. The van der Waals surface area contributed by atoms with Crippen molar-refractivity contribution in [1.29, 1.82) is 0 Å². The van der Waals surface area contributed by atoms with Gasteiger partial charge >= 0.3 is 0 Å². The first kappa shape index (κ1) is 11.5. The van der Waals surface area contributed by atoms with Crippen molar-refractivity contribution in [3.05, 3.63) is 35.4 Å². The van der Waals surface area contributed by atoms with E-state index in [9.17, 15) is 8.78 Å². The molecule has 16 heavy (non-hydrogen) atoms. The summed E-state index contributed by atoms with van der Waals surface area (Å²) in [5.74, 6) is 5.15. The van der Waals surface area contributed by atoms with Gasteiger partial charge in [-0.25, -0.2) is 13.8 Å². The number of halogens is 2. The van der Waals surface area contributed by atoms with Crippen LogP contribution in [0.25, 0.3) is 0 Å². The first-order valence-corrected chi connectivity index (χ1v) is 5.58. The summed E-state index contributed by atoms with van der Waals surface area (Å²) in [5, 5.41) is 1.79. The first-order valence-electron chi connectivity index (χ1n) is 5.58. The molecular weight excluding hydrogens is 210 g/mol. The van der Waals surface area contributed by atoms with Crippen LogP contribution in [0, 0.1) is 17.6 Å². The second-order valence-corrected chi connectivity index (χ2v) is 4.46. The Bertz CT molecular complexity index is 340. The van der Waals surface area contributed by atoms with E-state index < -0.39 is 11.6 Å². The fourth-order valence-electron chi connectivity index (χ4n) is 2.22. The van der Waals surface area contributed by atoms with Crippen LogP contribution < -0.4 is 5.84 Å². The average Bonchev–Trinajstić information content (AvgIpc) is 2.20. The van der Waals surface area contributed by atoms with E-state index in [4.69, 9.17) is 5.84 Å². The minimum Gasteiger partial charge on any atom is -0.269 e. The number of benzene rings is 1. The van der Waals surface area contributed by atoms with Crippen molar-refractivity contribution in [1.82, 2.24) is 5.01 Å². The number of nitrogens with zero attached hydrogens (tertiary/aromatic N) is 1. The Hall–Kier alpha value is -1.00. The second-order valence-electron chi connectivity index (χ2n) is 4.46. The van der Waals surface area contributed by atoms with Crippen molar-refractivity contribution in [2.24, 2.45) is 11.8 Å². The Morgan fingerprint density at radius 2 is 1.69 bits per heavy atom. The van der Waals surface area contributed by atoms with Crippen LogP contribution in [0.5, 0.6) is 0 Å². The molecule has 2 rings (SSSR count). The zero-order chi connectivity index (χ0) is 11.5. The van der Waals surface area contributed by atoms with Crippen molar-refractivity contribution in [3.63, 3.8) is 0 Å². The van der Waals surface area contributed by atoms with Crippen molar-refractivity contribution in [2.75, 3.05) is 13.1 Å². The lowest BCUT2D eigenvalue weighted by atomic mass is 9.91. The first-order chi connectivity index (χ1) is 7.63. The highest BCUT2D eigenvalue weighted by molar-refractivity contribution is 5.18. The molecule has 1 fully saturated rings. The third kappa shape index (κ3) is 3.00. The topological polar surface area (TPSA) is 29.3 Å². The van der Waals surface area contributed by atoms with Crippen LogP contribution in [-0.4, -0.2) is 18.1 Å². The van der Waals surface area contributed by atoms with Gasteiger partial charge in [-0.1, -0.05) is 0 Å². The maximum absolute atomic E-state index is 13.0. The maximum atomic E-state index is 13.0. The van der Waals surface area contributed by atoms with Crippen LogP contribution in [0.2, 0.25) is 0 Å². The van der Waals surface area contributed by atoms with Gasteiger partial charge in [-0.05, 0) is 42.9 Å². The SMILES string of the molecule is NN1CCC(Cc2cc(F)cc(F)c2)CC1. The standard InChI is InChI=1S/C12H16F2N2/c13-11-6-10(7-12(14)8-11)5-9-1-3-16(15)4-2-9/h6-9H,1-5,15H2. The Kier molecular flexibility index (Phi) is 3.51. The number of rotatable bonds is 2. The Morgan fingerprint density at radius 3 is 2.25 bits per heavy atom. The molecule has 1 heterocycles. The van der Waals surface area contributed by atoms with E-state index in [1.807, 2.05) is 0 Å². The average molecular weight is 226 g/mol. The minimum atomic E-state index is -0.494. The van der Waals surface area contributed by atoms with E-state index in [0.29, 0.717) is 5.92 Å².